The van der Waals surface area contributed by atoms with Gasteiger partial charge in [0.1, 0.15) is 16.5 Å². The number of fused-ring (bicyclic) bond motifs is 1. The van der Waals surface area contributed by atoms with Gasteiger partial charge < -0.3 is 14.7 Å². The summed E-state index contributed by atoms with van der Waals surface area (Å²) in [4.78, 5) is 32.8. The lowest BCUT2D eigenvalue weighted by molar-refractivity contribution is 0.0977. The standard InChI is InChI=1S/C24H23ClN4O5S/c1-12-9-16(23-17(10-12)21(30)13(2)22(34-23)15-7-8-26-11-15)14(3)27-18-5-6-19(25)28-20(18)24(31)29-35(4,32)33/h5-11,14,26-27H,1-4H3,(H,29,31)/t14-/m1/s1. The van der Waals surface area contributed by atoms with Crippen LogP contribution in [0.4, 0.5) is 5.69 Å². The summed E-state index contributed by atoms with van der Waals surface area (Å²) in [6.07, 6.45) is 4.37. The number of rotatable bonds is 6. The fourth-order valence-electron chi connectivity index (χ4n) is 3.88. The first-order valence-electron chi connectivity index (χ1n) is 10.6. The van der Waals surface area contributed by atoms with Gasteiger partial charge in [0.2, 0.25) is 10.0 Å². The zero-order valence-electron chi connectivity index (χ0n) is 19.4. The van der Waals surface area contributed by atoms with Crippen molar-refractivity contribution < 1.29 is 17.6 Å². The van der Waals surface area contributed by atoms with Crippen LogP contribution in [-0.2, 0) is 10.0 Å². The molecule has 0 radical (unpaired) electrons. The Morgan fingerprint density at radius 1 is 1.20 bits per heavy atom. The zero-order chi connectivity index (χ0) is 25.5. The number of carbonyl (C=O) groups is 1. The highest BCUT2D eigenvalue weighted by Crippen LogP contribution is 2.32. The van der Waals surface area contributed by atoms with Crippen LogP contribution in [-0.4, -0.2) is 30.5 Å². The lowest BCUT2D eigenvalue weighted by atomic mass is 9.99. The van der Waals surface area contributed by atoms with Crippen molar-refractivity contribution in [1.29, 1.82) is 0 Å². The molecule has 1 atom stereocenters. The SMILES string of the molecule is Cc1cc([C@@H](C)Nc2ccc(Cl)nc2C(=O)NS(C)(=O)=O)c2oc(-c3cc[nH]c3)c(C)c(=O)c2c1. The van der Waals surface area contributed by atoms with E-state index < -0.39 is 22.0 Å². The van der Waals surface area contributed by atoms with Crippen LogP contribution in [0.1, 0.15) is 40.1 Å². The summed E-state index contributed by atoms with van der Waals surface area (Å²) >= 11 is 5.96. The summed E-state index contributed by atoms with van der Waals surface area (Å²) < 4.78 is 31.3. The maximum absolute atomic E-state index is 13.2. The Balaban J connectivity index is 1.82. The van der Waals surface area contributed by atoms with Gasteiger partial charge in [0.05, 0.1) is 23.4 Å². The van der Waals surface area contributed by atoms with E-state index in [1.165, 1.54) is 12.1 Å². The molecule has 3 N–H and O–H groups in total. The number of carbonyl (C=O) groups excluding carboxylic acids is 1. The first-order valence-corrected chi connectivity index (χ1v) is 12.9. The van der Waals surface area contributed by atoms with Crippen LogP contribution >= 0.6 is 11.6 Å². The number of sulfonamides is 1. The number of hydrogen-bond acceptors (Lipinski definition) is 7. The Morgan fingerprint density at radius 2 is 1.94 bits per heavy atom. The minimum absolute atomic E-state index is 0.0282. The molecule has 35 heavy (non-hydrogen) atoms. The van der Waals surface area contributed by atoms with E-state index in [-0.39, 0.29) is 22.0 Å². The van der Waals surface area contributed by atoms with E-state index in [0.29, 0.717) is 27.9 Å². The van der Waals surface area contributed by atoms with Crippen LogP contribution in [0.2, 0.25) is 5.15 Å². The fourth-order valence-corrected chi connectivity index (χ4v) is 4.46. The van der Waals surface area contributed by atoms with Crippen molar-refractivity contribution in [2.75, 3.05) is 11.6 Å². The summed E-state index contributed by atoms with van der Waals surface area (Å²) in [6.45, 7) is 5.43. The topological polar surface area (TPSA) is 134 Å². The van der Waals surface area contributed by atoms with Crippen LogP contribution in [0.25, 0.3) is 22.3 Å². The van der Waals surface area contributed by atoms with Crippen LogP contribution in [0.5, 0.6) is 0 Å². The molecule has 4 aromatic rings. The first kappa shape index (κ1) is 24.5. The van der Waals surface area contributed by atoms with Crippen molar-refractivity contribution in [3.05, 3.63) is 80.5 Å². The van der Waals surface area contributed by atoms with Crippen molar-refractivity contribution >= 4 is 44.2 Å². The molecule has 0 aliphatic heterocycles. The third-order valence-electron chi connectivity index (χ3n) is 5.45. The molecule has 0 bridgehead atoms. The van der Waals surface area contributed by atoms with Gasteiger partial charge in [0, 0.05) is 29.1 Å². The molecule has 0 fully saturated rings. The summed E-state index contributed by atoms with van der Waals surface area (Å²) in [6, 6.07) is 8.04. The number of anilines is 1. The van der Waals surface area contributed by atoms with Crippen LogP contribution < -0.4 is 15.5 Å². The van der Waals surface area contributed by atoms with Gasteiger partial charge in [-0.3, -0.25) is 9.59 Å². The second-order valence-electron chi connectivity index (χ2n) is 8.32. The van der Waals surface area contributed by atoms with Gasteiger partial charge in [0.15, 0.2) is 11.1 Å². The molecule has 1 amide bonds. The van der Waals surface area contributed by atoms with E-state index in [0.717, 1.165) is 17.4 Å². The number of pyridine rings is 1. The number of halogens is 1. The van der Waals surface area contributed by atoms with Gasteiger partial charge >= 0.3 is 0 Å². The summed E-state index contributed by atoms with van der Waals surface area (Å²) in [5.74, 6) is -0.460. The molecule has 1 aromatic carbocycles. The number of hydrogen-bond donors (Lipinski definition) is 3. The fraction of sp³-hybridized carbons (Fsp3) is 0.208. The van der Waals surface area contributed by atoms with Crippen molar-refractivity contribution in [1.82, 2.24) is 14.7 Å². The molecule has 0 unspecified atom stereocenters. The minimum Gasteiger partial charge on any atom is -0.455 e. The Hall–Kier alpha value is -3.63. The highest BCUT2D eigenvalue weighted by molar-refractivity contribution is 7.89. The molecule has 11 heteroatoms. The number of nitrogens with one attached hydrogen (secondary N) is 3. The average molecular weight is 515 g/mol. The van der Waals surface area contributed by atoms with Gasteiger partial charge in [-0.15, -0.1) is 0 Å². The summed E-state index contributed by atoms with van der Waals surface area (Å²) in [7, 11) is -3.81. The van der Waals surface area contributed by atoms with E-state index in [2.05, 4.69) is 15.3 Å². The third kappa shape index (κ3) is 5.08. The number of H-pyrrole nitrogens is 1. The van der Waals surface area contributed by atoms with Crippen LogP contribution in [0.3, 0.4) is 0 Å². The van der Waals surface area contributed by atoms with E-state index in [1.54, 1.807) is 25.4 Å². The number of aromatic nitrogens is 2. The zero-order valence-corrected chi connectivity index (χ0v) is 21.0. The number of benzene rings is 1. The van der Waals surface area contributed by atoms with Crippen LogP contribution in [0, 0.1) is 13.8 Å². The lowest BCUT2D eigenvalue weighted by Gasteiger charge is -2.20. The van der Waals surface area contributed by atoms with Crippen molar-refractivity contribution in [2.24, 2.45) is 0 Å². The quantitative estimate of drug-likeness (QED) is 0.326. The highest BCUT2D eigenvalue weighted by atomic mass is 35.5. The smallest absolute Gasteiger partial charge is 0.285 e. The summed E-state index contributed by atoms with van der Waals surface area (Å²) in [5.41, 5.74) is 3.12. The van der Waals surface area contributed by atoms with E-state index in [4.69, 9.17) is 16.0 Å². The van der Waals surface area contributed by atoms with Crippen molar-refractivity contribution in [3.63, 3.8) is 0 Å². The molecule has 0 aliphatic carbocycles. The lowest BCUT2D eigenvalue weighted by Crippen LogP contribution is -2.31. The number of nitrogens with zero attached hydrogens (tertiary/aromatic N) is 1. The molecule has 0 spiro atoms. The normalized spacial score (nSPS) is 12.5. The molecule has 9 nitrogen and oxygen atoms in total. The maximum Gasteiger partial charge on any atom is 0.285 e. The second-order valence-corrected chi connectivity index (χ2v) is 10.5. The molecule has 182 valence electrons. The van der Waals surface area contributed by atoms with Gasteiger partial charge in [-0.2, -0.15) is 0 Å². The van der Waals surface area contributed by atoms with Crippen molar-refractivity contribution in [3.8, 4) is 11.3 Å². The predicted octanol–water partition coefficient (Wildman–Crippen LogP) is 4.32. The largest absolute Gasteiger partial charge is 0.455 e. The summed E-state index contributed by atoms with van der Waals surface area (Å²) in [5, 5.41) is 3.65. The van der Waals surface area contributed by atoms with Gasteiger partial charge in [-0.1, -0.05) is 17.7 Å². The number of aromatic amines is 1. The average Bonchev–Trinajstić information content (AvgIpc) is 3.30. The Kier molecular flexibility index (Phi) is 6.44. The van der Waals surface area contributed by atoms with Crippen LogP contribution in [0.15, 0.2) is 51.9 Å². The molecule has 0 saturated carbocycles. The van der Waals surface area contributed by atoms with E-state index in [1.807, 2.05) is 30.7 Å². The highest BCUT2D eigenvalue weighted by Gasteiger charge is 2.22. The molecular weight excluding hydrogens is 492 g/mol. The monoisotopic (exact) mass is 514 g/mol. The molecule has 3 heterocycles. The Bertz CT molecular complexity index is 1610. The first-order chi connectivity index (χ1) is 16.4. The van der Waals surface area contributed by atoms with E-state index >= 15 is 0 Å². The molecule has 4 rings (SSSR count). The second kappa shape index (κ2) is 9.20. The predicted molar refractivity (Wildman–Crippen MR) is 135 cm³/mol. The minimum atomic E-state index is -3.81. The maximum atomic E-state index is 13.2. The molecular formula is C24H23ClN4O5S. The van der Waals surface area contributed by atoms with Gasteiger partial charge in [-0.05, 0) is 50.6 Å². The molecule has 0 saturated heterocycles. The molecule has 3 aromatic heterocycles. The number of aryl methyl sites for hydroxylation is 1. The van der Waals surface area contributed by atoms with Crippen molar-refractivity contribution in [2.45, 2.75) is 26.8 Å². The number of amides is 1. The van der Waals surface area contributed by atoms with Gasteiger partial charge in [0.25, 0.3) is 5.91 Å². The van der Waals surface area contributed by atoms with Gasteiger partial charge in [-0.25, -0.2) is 18.1 Å². The Labute approximate surface area is 206 Å². The Morgan fingerprint density at radius 3 is 2.60 bits per heavy atom. The van der Waals surface area contributed by atoms with E-state index in [9.17, 15) is 18.0 Å². The third-order valence-corrected chi connectivity index (χ3v) is 6.21. The molecule has 0 aliphatic rings.